The van der Waals surface area contributed by atoms with Crippen molar-refractivity contribution in [2.24, 2.45) is 7.05 Å². The van der Waals surface area contributed by atoms with Gasteiger partial charge in [0.05, 0.1) is 30.7 Å². The number of rotatable bonds is 6. The number of amides is 1. The largest absolute Gasteiger partial charge is 0.497 e. The van der Waals surface area contributed by atoms with Gasteiger partial charge < -0.3 is 14.6 Å². The summed E-state index contributed by atoms with van der Waals surface area (Å²) in [6.45, 7) is 1.81. The second-order valence-electron chi connectivity index (χ2n) is 5.95. The molecule has 3 rings (SSSR count). The molecule has 0 aliphatic carbocycles. The van der Waals surface area contributed by atoms with E-state index in [9.17, 15) is 9.59 Å². The average Bonchev–Trinajstić information content (AvgIpc) is 3.30. The molecule has 3 aromatic rings. The number of carbonyl (C=O) groups excluding carboxylic acids is 2. The van der Waals surface area contributed by atoms with Crippen LogP contribution in [-0.4, -0.2) is 33.1 Å². The molecule has 26 heavy (non-hydrogen) atoms. The SMILES string of the molecule is COc1cccc(-n2cc([C@@H](C)NC(=O)C(=O)c3cccn3C)cn2)c1. The molecule has 0 unspecified atom stereocenters. The highest BCUT2D eigenvalue weighted by Crippen LogP contribution is 2.18. The molecule has 0 aliphatic heterocycles. The molecule has 1 atom stereocenters. The molecule has 2 aromatic heterocycles. The van der Waals surface area contributed by atoms with Crippen molar-refractivity contribution in [1.82, 2.24) is 19.7 Å². The average molecular weight is 352 g/mol. The zero-order chi connectivity index (χ0) is 18.7. The first-order valence-electron chi connectivity index (χ1n) is 8.15. The summed E-state index contributed by atoms with van der Waals surface area (Å²) in [7, 11) is 3.33. The number of hydrogen-bond donors (Lipinski definition) is 1. The van der Waals surface area contributed by atoms with Gasteiger partial charge in [-0.15, -0.1) is 0 Å². The van der Waals surface area contributed by atoms with Crippen molar-refractivity contribution in [1.29, 1.82) is 0 Å². The van der Waals surface area contributed by atoms with Gasteiger partial charge in [-0.05, 0) is 31.2 Å². The third-order valence-corrected chi connectivity index (χ3v) is 4.15. The number of ketones is 1. The Labute approximate surface area is 151 Å². The van der Waals surface area contributed by atoms with Gasteiger partial charge in [0, 0.05) is 31.1 Å². The highest BCUT2D eigenvalue weighted by molar-refractivity contribution is 6.42. The molecule has 1 aromatic carbocycles. The Bertz CT molecular complexity index is 942. The fourth-order valence-electron chi connectivity index (χ4n) is 2.61. The van der Waals surface area contributed by atoms with Crippen molar-refractivity contribution >= 4 is 11.7 Å². The normalized spacial score (nSPS) is 11.8. The molecule has 0 radical (unpaired) electrons. The first-order valence-corrected chi connectivity index (χ1v) is 8.15. The van der Waals surface area contributed by atoms with Crippen LogP contribution in [0.1, 0.15) is 29.0 Å². The lowest BCUT2D eigenvalue weighted by molar-refractivity contribution is -0.117. The minimum absolute atomic E-state index is 0.349. The van der Waals surface area contributed by atoms with Crippen molar-refractivity contribution in [3.63, 3.8) is 0 Å². The van der Waals surface area contributed by atoms with E-state index >= 15 is 0 Å². The van der Waals surface area contributed by atoms with E-state index in [0.717, 1.165) is 17.0 Å². The number of nitrogens with zero attached hydrogens (tertiary/aromatic N) is 3. The summed E-state index contributed by atoms with van der Waals surface area (Å²) in [5.41, 5.74) is 1.98. The third kappa shape index (κ3) is 3.51. The fourth-order valence-corrected chi connectivity index (χ4v) is 2.61. The highest BCUT2D eigenvalue weighted by Gasteiger charge is 2.21. The molecular weight excluding hydrogens is 332 g/mol. The number of methoxy groups -OCH3 is 1. The van der Waals surface area contributed by atoms with Crippen LogP contribution in [0.5, 0.6) is 5.75 Å². The van der Waals surface area contributed by atoms with Crippen molar-refractivity contribution in [3.05, 3.63) is 66.2 Å². The minimum Gasteiger partial charge on any atom is -0.497 e. The van der Waals surface area contributed by atoms with Gasteiger partial charge in [0.2, 0.25) is 0 Å². The third-order valence-electron chi connectivity index (χ3n) is 4.15. The Morgan fingerprint density at radius 3 is 2.73 bits per heavy atom. The van der Waals surface area contributed by atoms with Gasteiger partial charge in [-0.2, -0.15) is 5.10 Å². The van der Waals surface area contributed by atoms with Gasteiger partial charge >= 0.3 is 0 Å². The van der Waals surface area contributed by atoms with Crippen LogP contribution in [0, 0.1) is 0 Å². The fraction of sp³-hybridized carbons (Fsp3) is 0.211. The summed E-state index contributed by atoms with van der Waals surface area (Å²) >= 11 is 0. The Morgan fingerprint density at radius 1 is 1.23 bits per heavy atom. The lowest BCUT2D eigenvalue weighted by atomic mass is 10.1. The van der Waals surface area contributed by atoms with E-state index in [1.165, 1.54) is 0 Å². The van der Waals surface area contributed by atoms with Crippen LogP contribution in [-0.2, 0) is 11.8 Å². The second-order valence-corrected chi connectivity index (χ2v) is 5.95. The lowest BCUT2D eigenvalue weighted by Crippen LogP contribution is -2.33. The highest BCUT2D eigenvalue weighted by atomic mass is 16.5. The monoisotopic (exact) mass is 352 g/mol. The second kappa shape index (κ2) is 7.26. The van der Waals surface area contributed by atoms with Gasteiger partial charge in [0.15, 0.2) is 0 Å². The maximum absolute atomic E-state index is 12.2. The van der Waals surface area contributed by atoms with E-state index in [0.29, 0.717) is 5.69 Å². The van der Waals surface area contributed by atoms with Crippen LogP contribution in [0.25, 0.3) is 5.69 Å². The molecular formula is C19H20N4O3. The van der Waals surface area contributed by atoms with Crippen LogP contribution in [0.15, 0.2) is 55.0 Å². The van der Waals surface area contributed by atoms with E-state index in [1.54, 1.807) is 47.9 Å². The van der Waals surface area contributed by atoms with Crippen LogP contribution in [0.4, 0.5) is 0 Å². The van der Waals surface area contributed by atoms with E-state index in [-0.39, 0.29) is 6.04 Å². The zero-order valence-corrected chi connectivity index (χ0v) is 14.8. The Kier molecular flexibility index (Phi) is 4.88. The summed E-state index contributed by atoms with van der Waals surface area (Å²) in [6, 6.07) is 10.5. The summed E-state index contributed by atoms with van der Waals surface area (Å²) in [5, 5.41) is 7.04. The Hall–Kier alpha value is -3.35. The summed E-state index contributed by atoms with van der Waals surface area (Å²) < 4.78 is 8.53. The van der Waals surface area contributed by atoms with Crippen LogP contribution >= 0.6 is 0 Å². The molecule has 7 nitrogen and oxygen atoms in total. The van der Waals surface area contributed by atoms with E-state index in [1.807, 2.05) is 37.4 Å². The van der Waals surface area contributed by atoms with Gasteiger partial charge in [-0.25, -0.2) is 4.68 Å². The first kappa shape index (κ1) is 17.5. The standard InChI is InChI=1S/C19H20N4O3/c1-13(21-19(25)18(24)17-8-5-9-22(17)2)14-11-20-23(12-14)15-6-4-7-16(10-15)26-3/h4-13H,1-3H3,(H,21,25)/t13-/m1/s1. The number of benzene rings is 1. The van der Waals surface area contributed by atoms with Crippen LogP contribution in [0.3, 0.4) is 0 Å². The van der Waals surface area contributed by atoms with Crippen molar-refractivity contribution in [2.45, 2.75) is 13.0 Å². The number of nitrogens with one attached hydrogen (secondary N) is 1. The molecule has 1 amide bonds. The van der Waals surface area contributed by atoms with Gasteiger partial charge in [0.25, 0.3) is 11.7 Å². The number of carbonyl (C=O) groups is 2. The van der Waals surface area contributed by atoms with Gasteiger partial charge in [-0.1, -0.05) is 6.07 Å². The maximum atomic E-state index is 12.2. The molecule has 7 heteroatoms. The summed E-state index contributed by atoms with van der Waals surface area (Å²) in [5.74, 6) is -0.480. The van der Waals surface area contributed by atoms with E-state index in [4.69, 9.17) is 4.74 Å². The Balaban J connectivity index is 1.71. The molecule has 2 heterocycles. The van der Waals surface area contributed by atoms with Crippen LogP contribution in [0.2, 0.25) is 0 Å². The Morgan fingerprint density at radius 2 is 2.04 bits per heavy atom. The van der Waals surface area contributed by atoms with Crippen molar-refractivity contribution in [3.8, 4) is 11.4 Å². The van der Waals surface area contributed by atoms with Gasteiger partial charge in [0.1, 0.15) is 5.75 Å². The maximum Gasteiger partial charge on any atom is 0.294 e. The molecule has 0 aliphatic rings. The molecule has 0 saturated carbocycles. The van der Waals surface area contributed by atoms with Crippen LogP contribution < -0.4 is 10.1 Å². The molecule has 0 fully saturated rings. The smallest absolute Gasteiger partial charge is 0.294 e. The first-order chi connectivity index (χ1) is 12.5. The number of Topliss-reactive ketones (excluding diaryl/α,β-unsaturated/α-hetero) is 1. The van der Waals surface area contributed by atoms with E-state index < -0.39 is 11.7 Å². The molecule has 0 saturated heterocycles. The molecule has 0 bridgehead atoms. The van der Waals surface area contributed by atoms with Gasteiger partial charge in [-0.3, -0.25) is 9.59 Å². The number of hydrogen-bond acceptors (Lipinski definition) is 4. The van der Waals surface area contributed by atoms with E-state index in [2.05, 4.69) is 10.4 Å². The predicted octanol–water partition coefficient (Wildman–Crippen LogP) is 2.28. The summed E-state index contributed by atoms with van der Waals surface area (Å²) in [6.07, 6.45) is 5.20. The topological polar surface area (TPSA) is 78.1 Å². The number of aromatic nitrogens is 3. The molecule has 1 N–H and O–H groups in total. The minimum atomic E-state index is -0.645. The van der Waals surface area contributed by atoms with Crippen molar-refractivity contribution in [2.75, 3.05) is 7.11 Å². The number of aryl methyl sites for hydroxylation is 1. The number of ether oxygens (including phenoxy) is 1. The quantitative estimate of drug-likeness (QED) is 0.545. The molecule has 0 spiro atoms. The lowest BCUT2D eigenvalue weighted by Gasteiger charge is -2.11. The summed E-state index contributed by atoms with van der Waals surface area (Å²) in [4.78, 5) is 24.4. The molecule has 134 valence electrons. The predicted molar refractivity (Wildman–Crippen MR) is 96.4 cm³/mol. The van der Waals surface area contributed by atoms with Crippen molar-refractivity contribution < 1.29 is 14.3 Å². The zero-order valence-electron chi connectivity index (χ0n) is 14.8.